The van der Waals surface area contributed by atoms with Gasteiger partial charge in [-0.2, -0.15) is 0 Å². The Bertz CT molecular complexity index is 102. The van der Waals surface area contributed by atoms with Gasteiger partial charge in [0.1, 0.15) is 0 Å². The number of hydrogen-bond acceptors (Lipinski definition) is 1. The van der Waals surface area contributed by atoms with Crippen LogP contribution in [0.4, 0.5) is 0 Å². The quantitative estimate of drug-likeness (QED) is 0.599. The minimum absolute atomic E-state index is 0.624. The van der Waals surface area contributed by atoms with Gasteiger partial charge in [-0.3, -0.25) is 0 Å². The van der Waals surface area contributed by atoms with Gasteiger partial charge in [0, 0.05) is 11.9 Å². The van der Waals surface area contributed by atoms with E-state index in [9.17, 15) is 0 Å². The fraction of sp³-hybridized carbons (Fsp3) is 1.00. The van der Waals surface area contributed by atoms with Gasteiger partial charge in [0.05, 0.1) is 0 Å². The molecule has 0 aliphatic heterocycles. The number of alkyl halides is 1. The van der Waals surface area contributed by atoms with Crippen molar-refractivity contribution in [3.63, 3.8) is 0 Å². The van der Waals surface area contributed by atoms with Gasteiger partial charge in [0.25, 0.3) is 0 Å². The van der Waals surface area contributed by atoms with Crippen LogP contribution in [0.5, 0.6) is 0 Å². The lowest BCUT2D eigenvalue weighted by atomic mass is 10.0. The molecular formula is C11H24ClN. The largest absolute Gasteiger partial charge is 0.314 e. The summed E-state index contributed by atoms with van der Waals surface area (Å²) in [5.41, 5.74) is 0. The summed E-state index contributed by atoms with van der Waals surface area (Å²) < 4.78 is 0. The summed E-state index contributed by atoms with van der Waals surface area (Å²) in [5.74, 6) is 1.63. The van der Waals surface area contributed by atoms with E-state index >= 15 is 0 Å². The van der Waals surface area contributed by atoms with Crippen LogP contribution in [0.3, 0.4) is 0 Å². The first-order valence-corrected chi connectivity index (χ1v) is 6.07. The van der Waals surface area contributed by atoms with Crippen LogP contribution in [0.15, 0.2) is 0 Å². The maximum absolute atomic E-state index is 5.64. The molecule has 0 fully saturated rings. The highest BCUT2D eigenvalue weighted by atomic mass is 35.5. The standard InChI is InChI=1S/C11H24ClN/c1-4-11(5-2)9-13-10(3)7-6-8-12/h10-11,13H,4-9H2,1-3H3. The topological polar surface area (TPSA) is 12.0 Å². The fourth-order valence-electron chi connectivity index (χ4n) is 1.43. The van der Waals surface area contributed by atoms with Crippen molar-refractivity contribution in [2.24, 2.45) is 5.92 Å². The van der Waals surface area contributed by atoms with E-state index in [1.54, 1.807) is 0 Å². The molecule has 0 aliphatic carbocycles. The van der Waals surface area contributed by atoms with Crippen LogP contribution in [-0.2, 0) is 0 Å². The molecule has 0 saturated carbocycles. The highest BCUT2D eigenvalue weighted by Crippen LogP contribution is 2.06. The van der Waals surface area contributed by atoms with Crippen LogP contribution in [0.2, 0.25) is 0 Å². The Labute approximate surface area is 88.2 Å². The van der Waals surface area contributed by atoms with Crippen molar-refractivity contribution in [3.05, 3.63) is 0 Å². The molecule has 0 aromatic rings. The summed E-state index contributed by atoms with van der Waals surface area (Å²) in [5, 5.41) is 3.56. The Kier molecular flexibility index (Phi) is 9.00. The normalized spacial score (nSPS) is 13.6. The Hall–Kier alpha value is 0.250. The molecule has 0 aromatic heterocycles. The van der Waals surface area contributed by atoms with Crippen molar-refractivity contribution in [2.75, 3.05) is 12.4 Å². The van der Waals surface area contributed by atoms with Gasteiger partial charge in [0.2, 0.25) is 0 Å². The highest BCUT2D eigenvalue weighted by Gasteiger charge is 2.05. The summed E-state index contributed by atoms with van der Waals surface area (Å²) in [4.78, 5) is 0. The average Bonchev–Trinajstić information content (AvgIpc) is 2.16. The number of hydrogen-bond donors (Lipinski definition) is 1. The zero-order chi connectivity index (χ0) is 10.1. The maximum atomic E-state index is 5.64. The number of rotatable bonds is 8. The monoisotopic (exact) mass is 205 g/mol. The van der Waals surface area contributed by atoms with Crippen LogP contribution in [0, 0.1) is 5.92 Å². The summed E-state index contributed by atoms with van der Waals surface area (Å²) in [6.07, 6.45) is 4.89. The van der Waals surface area contributed by atoms with Crippen LogP contribution in [-0.4, -0.2) is 18.5 Å². The Morgan fingerprint density at radius 2 is 1.85 bits per heavy atom. The van der Waals surface area contributed by atoms with Crippen molar-refractivity contribution < 1.29 is 0 Å². The molecule has 0 aromatic carbocycles. The molecule has 80 valence electrons. The molecule has 1 N–H and O–H groups in total. The van der Waals surface area contributed by atoms with Gasteiger partial charge in [-0.05, 0) is 32.2 Å². The Morgan fingerprint density at radius 1 is 1.23 bits per heavy atom. The smallest absolute Gasteiger partial charge is 0.0224 e. The maximum Gasteiger partial charge on any atom is 0.0224 e. The predicted molar refractivity (Wildman–Crippen MR) is 61.5 cm³/mol. The van der Waals surface area contributed by atoms with Crippen LogP contribution in [0.25, 0.3) is 0 Å². The lowest BCUT2D eigenvalue weighted by Gasteiger charge is -2.18. The Morgan fingerprint density at radius 3 is 2.31 bits per heavy atom. The minimum atomic E-state index is 0.624. The second-order valence-corrected chi connectivity index (χ2v) is 4.20. The first kappa shape index (κ1) is 13.2. The van der Waals surface area contributed by atoms with Gasteiger partial charge in [-0.25, -0.2) is 0 Å². The van der Waals surface area contributed by atoms with Gasteiger partial charge < -0.3 is 5.32 Å². The Balaban J connectivity index is 3.38. The zero-order valence-corrected chi connectivity index (χ0v) is 10.0. The fourth-order valence-corrected chi connectivity index (χ4v) is 1.58. The first-order chi connectivity index (χ1) is 6.24. The van der Waals surface area contributed by atoms with Gasteiger partial charge in [0.15, 0.2) is 0 Å². The van der Waals surface area contributed by atoms with Crippen molar-refractivity contribution in [1.29, 1.82) is 0 Å². The van der Waals surface area contributed by atoms with Crippen molar-refractivity contribution in [3.8, 4) is 0 Å². The minimum Gasteiger partial charge on any atom is -0.314 e. The van der Waals surface area contributed by atoms with Crippen molar-refractivity contribution in [2.45, 2.75) is 52.5 Å². The molecule has 2 heteroatoms. The lowest BCUT2D eigenvalue weighted by molar-refractivity contribution is 0.406. The van der Waals surface area contributed by atoms with Crippen molar-refractivity contribution in [1.82, 2.24) is 5.32 Å². The highest BCUT2D eigenvalue weighted by molar-refractivity contribution is 6.17. The molecule has 0 bridgehead atoms. The van der Waals surface area contributed by atoms with E-state index in [0.29, 0.717) is 6.04 Å². The molecule has 0 aliphatic rings. The lowest BCUT2D eigenvalue weighted by Crippen LogP contribution is -2.30. The predicted octanol–water partition coefficient (Wildman–Crippen LogP) is 3.42. The summed E-state index contributed by atoms with van der Waals surface area (Å²) >= 11 is 5.64. The molecule has 13 heavy (non-hydrogen) atoms. The third-order valence-electron chi connectivity index (χ3n) is 2.68. The summed E-state index contributed by atoms with van der Waals surface area (Å²) in [7, 11) is 0. The second kappa shape index (κ2) is 8.83. The van der Waals surface area contributed by atoms with Crippen LogP contribution in [0.1, 0.15) is 46.5 Å². The second-order valence-electron chi connectivity index (χ2n) is 3.82. The van der Waals surface area contributed by atoms with Crippen molar-refractivity contribution >= 4 is 11.6 Å². The van der Waals surface area contributed by atoms with Gasteiger partial charge in [-0.1, -0.05) is 26.7 Å². The van der Waals surface area contributed by atoms with Gasteiger partial charge >= 0.3 is 0 Å². The van der Waals surface area contributed by atoms with Crippen LogP contribution >= 0.6 is 11.6 Å². The van der Waals surface area contributed by atoms with Crippen LogP contribution < -0.4 is 5.32 Å². The molecule has 0 heterocycles. The van der Waals surface area contributed by atoms with E-state index in [4.69, 9.17) is 11.6 Å². The summed E-state index contributed by atoms with van der Waals surface area (Å²) in [6, 6.07) is 0.624. The summed E-state index contributed by atoms with van der Waals surface area (Å²) in [6.45, 7) is 7.93. The van der Waals surface area contributed by atoms with E-state index in [-0.39, 0.29) is 0 Å². The molecule has 1 unspecified atom stereocenters. The molecule has 0 radical (unpaired) electrons. The molecule has 1 atom stereocenters. The molecule has 0 amide bonds. The van der Waals surface area contributed by atoms with E-state index < -0.39 is 0 Å². The molecule has 0 spiro atoms. The number of halogens is 1. The van der Waals surface area contributed by atoms with E-state index in [0.717, 1.165) is 24.8 Å². The first-order valence-electron chi connectivity index (χ1n) is 5.53. The van der Waals surface area contributed by atoms with Gasteiger partial charge in [-0.15, -0.1) is 11.6 Å². The molecular weight excluding hydrogens is 182 g/mol. The average molecular weight is 206 g/mol. The number of nitrogens with one attached hydrogen (secondary N) is 1. The van der Waals surface area contributed by atoms with E-state index in [1.807, 2.05) is 0 Å². The third-order valence-corrected chi connectivity index (χ3v) is 2.95. The third kappa shape index (κ3) is 7.33. The van der Waals surface area contributed by atoms with E-state index in [1.165, 1.54) is 19.3 Å². The molecule has 1 nitrogen and oxygen atoms in total. The molecule has 0 rings (SSSR count). The molecule has 0 saturated heterocycles. The van der Waals surface area contributed by atoms with E-state index in [2.05, 4.69) is 26.1 Å². The SMILES string of the molecule is CCC(CC)CNC(C)CCCCl. The zero-order valence-electron chi connectivity index (χ0n) is 9.28.